The van der Waals surface area contributed by atoms with Crippen molar-refractivity contribution in [3.05, 3.63) is 35.9 Å². The maximum Gasteiger partial charge on any atom is 0.314 e. The molecule has 1 aromatic carbocycles. The molecule has 1 N–H and O–H groups in total. The van der Waals surface area contributed by atoms with Crippen molar-refractivity contribution in [3.63, 3.8) is 0 Å². The monoisotopic (exact) mass is 342 g/mol. The van der Waals surface area contributed by atoms with Crippen molar-refractivity contribution in [3.8, 4) is 6.07 Å². The van der Waals surface area contributed by atoms with E-state index in [4.69, 9.17) is 4.74 Å². The molecule has 0 aromatic heterocycles. The number of carbonyl (C=O) groups is 2. The highest BCUT2D eigenvalue weighted by molar-refractivity contribution is 5.87. The quantitative estimate of drug-likeness (QED) is 0.907. The van der Waals surface area contributed by atoms with Crippen LogP contribution in [0.15, 0.2) is 30.3 Å². The van der Waals surface area contributed by atoms with Gasteiger partial charge in [-0.2, -0.15) is 5.26 Å². The maximum atomic E-state index is 12.9. The van der Waals surface area contributed by atoms with E-state index in [2.05, 4.69) is 6.07 Å². The zero-order chi connectivity index (χ0) is 17.9. The summed E-state index contributed by atoms with van der Waals surface area (Å²) < 4.78 is 5.29. The van der Waals surface area contributed by atoms with Gasteiger partial charge in [-0.25, -0.2) is 0 Å². The lowest BCUT2D eigenvalue weighted by molar-refractivity contribution is -0.152. The minimum Gasteiger partial charge on any atom is -0.481 e. The summed E-state index contributed by atoms with van der Waals surface area (Å²) in [5.41, 5.74) is -1.21. The first kappa shape index (κ1) is 17.4. The molecule has 2 saturated heterocycles. The Bertz CT molecular complexity index is 681. The highest BCUT2D eigenvalue weighted by Gasteiger charge is 2.48. The number of carboxylic acids is 1. The molecule has 0 aliphatic carbocycles. The van der Waals surface area contributed by atoms with E-state index < -0.39 is 16.8 Å². The molecule has 0 bridgehead atoms. The van der Waals surface area contributed by atoms with Crippen molar-refractivity contribution >= 4 is 11.9 Å². The lowest BCUT2D eigenvalue weighted by Crippen LogP contribution is -2.53. The predicted molar refractivity (Wildman–Crippen MR) is 89.7 cm³/mol. The van der Waals surface area contributed by atoms with Gasteiger partial charge in [-0.1, -0.05) is 30.3 Å². The lowest BCUT2D eigenvalue weighted by atomic mass is 9.72. The van der Waals surface area contributed by atoms with E-state index in [1.807, 2.05) is 30.3 Å². The number of piperidine rings is 1. The minimum absolute atomic E-state index is 0.176. The first-order valence-electron chi connectivity index (χ1n) is 8.61. The standard InChI is InChI=1S/C19H22N2O4/c20-14-18(8-12-25-13-9-18)16(22)21-10-6-19(7-11-21,17(23)24)15-4-2-1-3-5-15/h1-5H,6-13H2,(H,23,24). The molecule has 0 radical (unpaired) electrons. The molecular weight excluding hydrogens is 320 g/mol. The van der Waals surface area contributed by atoms with Crippen LogP contribution in [0.3, 0.4) is 0 Å². The normalized spacial score (nSPS) is 22.0. The Morgan fingerprint density at radius 2 is 1.68 bits per heavy atom. The molecule has 6 nitrogen and oxygen atoms in total. The zero-order valence-electron chi connectivity index (χ0n) is 14.1. The van der Waals surface area contributed by atoms with Gasteiger partial charge in [-0.05, 0) is 31.2 Å². The highest BCUT2D eigenvalue weighted by atomic mass is 16.5. The molecule has 1 amide bonds. The predicted octanol–water partition coefficient (Wildman–Crippen LogP) is 1.95. The number of ether oxygens (including phenoxy) is 1. The molecule has 6 heteroatoms. The molecule has 0 saturated carbocycles. The van der Waals surface area contributed by atoms with Crippen molar-refractivity contribution in [1.82, 2.24) is 4.90 Å². The third-order valence-electron chi connectivity index (χ3n) is 5.61. The van der Waals surface area contributed by atoms with Crippen LogP contribution in [-0.2, 0) is 19.7 Å². The zero-order valence-corrected chi connectivity index (χ0v) is 14.1. The number of carbonyl (C=O) groups excluding carboxylic acids is 1. The van der Waals surface area contributed by atoms with Crippen LogP contribution in [0.25, 0.3) is 0 Å². The Hall–Kier alpha value is -2.39. The van der Waals surface area contributed by atoms with Crippen molar-refractivity contribution in [2.24, 2.45) is 5.41 Å². The number of likely N-dealkylation sites (tertiary alicyclic amines) is 1. The molecule has 25 heavy (non-hydrogen) atoms. The van der Waals surface area contributed by atoms with E-state index in [0.29, 0.717) is 52.0 Å². The second-order valence-corrected chi connectivity index (χ2v) is 6.85. The number of hydrogen-bond acceptors (Lipinski definition) is 4. The summed E-state index contributed by atoms with van der Waals surface area (Å²) in [6.07, 6.45) is 1.52. The van der Waals surface area contributed by atoms with Gasteiger partial charge in [0.25, 0.3) is 0 Å². The number of rotatable bonds is 3. The molecule has 2 aliphatic rings. The SMILES string of the molecule is N#CC1(C(=O)N2CCC(C(=O)O)(c3ccccc3)CC2)CCOCC1. The van der Waals surface area contributed by atoms with E-state index in [1.54, 1.807) is 4.90 Å². The number of aliphatic carboxylic acids is 1. The molecule has 1 aromatic rings. The van der Waals surface area contributed by atoms with E-state index in [-0.39, 0.29) is 5.91 Å². The number of amides is 1. The van der Waals surface area contributed by atoms with Crippen LogP contribution in [0.5, 0.6) is 0 Å². The van der Waals surface area contributed by atoms with Crippen LogP contribution >= 0.6 is 0 Å². The molecule has 3 rings (SSSR count). The lowest BCUT2D eigenvalue weighted by Gasteiger charge is -2.42. The Morgan fingerprint density at radius 3 is 2.20 bits per heavy atom. The van der Waals surface area contributed by atoms with Gasteiger partial charge >= 0.3 is 5.97 Å². The van der Waals surface area contributed by atoms with E-state index >= 15 is 0 Å². The summed E-state index contributed by atoms with van der Waals surface area (Å²) in [4.78, 5) is 26.6. The van der Waals surface area contributed by atoms with Gasteiger partial charge in [-0.3, -0.25) is 9.59 Å². The Morgan fingerprint density at radius 1 is 1.08 bits per heavy atom. The van der Waals surface area contributed by atoms with Gasteiger partial charge in [0.1, 0.15) is 5.41 Å². The summed E-state index contributed by atoms with van der Waals surface area (Å²) in [7, 11) is 0. The molecule has 132 valence electrons. The summed E-state index contributed by atoms with van der Waals surface area (Å²) in [5.74, 6) is -1.03. The maximum absolute atomic E-state index is 12.9. The van der Waals surface area contributed by atoms with Crippen LogP contribution < -0.4 is 0 Å². The fourth-order valence-electron chi connectivity index (χ4n) is 3.87. The molecule has 2 aliphatic heterocycles. The van der Waals surface area contributed by atoms with Crippen molar-refractivity contribution < 1.29 is 19.4 Å². The fourth-order valence-corrected chi connectivity index (χ4v) is 3.87. The Labute approximate surface area is 147 Å². The Kier molecular flexibility index (Phi) is 4.78. The largest absolute Gasteiger partial charge is 0.481 e. The van der Waals surface area contributed by atoms with Gasteiger partial charge in [0.15, 0.2) is 0 Å². The van der Waals surface area contributed by atoms with E-state index in [0.717, 1.165) is 5.56 Å². The van der Waals surface area contributed by atoms with Gasteiger partial charge in [0.05, 0.1) is 11.5 Å². The number of nitrogens with zero attached hydrogens (tertiary/aromatic N) is 2. The minimum atomic E-state index is -1.02. The molecule has 0 atom stereocenters. The Balaban J connectivity index is 1.77. The third-order valence-corrected chi connectivity index (χ3v) is 5.61. The first-order chi connectivity index (χ1) is 12.0. The van der Waals surface area contributed by atoms with Gasteiger partial charge < -0.3 is 14.7 Å². The number of carboxylic acid groups (broad SMARTS) is 1. The number of benzene rings is 1. The summed E-state index contributed by atoms with van der Waals surface area (Å²) in [6.45, 7) is 1.53. The second-order valence-electron chi connectivity index (χ2n) is 6.85. The number of nitriles is 1. The summed E-state index contributed by atoms with van der Waals surface area (Å²) in [5, 5.41) is 19.4. The molecule has 2 heterocycles. The van der Waals surface area contributed by atoms with Crippen LogP contribution in [-0.4, -0.2) is 48.2 Å². The van der Waals surface area contributed by atoms with Crippen LogP contribution in [0.1, 0.15) is 31.2 Å². The van der Waals surface area contributed by atoms with Gasteiger partial charge in [0.2, 0.25) is 5.91 Å². The van der Waals surface area contributed by atoms with Crippen molar-refractivity contribution in [1.29, 1.82) is 5.26 Å². The molecule has 0 spiro atoms. The smallest absolute Gasteiger partial charge is 0.314 e. The average Bonchev–Trinajstić information content (AvgIpc) is 2.68. The molecular formula is C19H22N2O4. The van der Waals surface area contributed by atoms with Crippen molar-refractivity contribution in [2.45, 2.75) is 31.1 Å². The second kappa shape index (κ2) is 6.85. The van der Waals surface area contributed by atoms with Crippen molar-refractivity contribution in [2.75, 3.05) is 26.3 Å². The molecule has 2 fully saturated rings. The van der Waals surface area contributed by atoms with Crippen LogP contribution in [0.2, 0.25) is 0 Å². The summed E-state index contributed by atoms with van der Waals surface area (Å²) >= 11 is 0. The topological polar surface area (TPSA) is 90.6 Å². The van der Waals surface area contributed by atoms with Gasteiger partial charge in [-0.15, -0.1) is 0 Å². The highest BCUT2D eigenvalue weighted by Crippen LogP contribution is 2.39. The van der Waals surface area contributed by atoms with Crippen LogP contribution in [0, 0.1) is 16.7 Å². The average molecular weight is 342 g/mol. The fraction of sp³-hybridized carbons (Fsp3) is 0.526. The van der Waals surface area contributed by atoms with Crippen LogP contribution in [0.4, 0.5) is 0 Å². The van der Waals surface area contributed by atoms with E-state index in [1.165, 1.54) is 0 Å². The third kappa shape index (κ3) is 3.00. The first-order valence-corrected chi connectivity index (χ1v) is 8.61. The summed E-state index contributed by atoms with van der Waals surface area (Å²) in [6, 6.07) is 11.4. The molecule has 0 unspecified atom stereocenters. The van der Waals surface area contributed by atoms with E-state index in [9.17, 15) is 20.0 Å². The number of hydrogen-bond donors (Lipinski definition) is 1. The van der Waals surface area contributed by atoms with Gasteiger partial charge in [0, 0.05) is 26.3 Å².